The number of carbonyl (C=O) groups excluding carboxylic acids is 1. The summed E-state index contributed by atoms with van der Waals surface area (Å²) in [5, 5.41) is 3.58. The van der Waals surface area contributed by atoms with Gasteiger partial charge in [0.05, 0.1) is 5.60 Å². The number of carbonyl (C=O) groups is 1. The molecular formula is C15H30N2O2. The van der Waals surface area contributed by atoms with Crippen LogP contribution < -0.4 is 5.32 Å². The first-order valence-corrected chi connectivity index (χ1v) is 7.43. The first kappa shape index (κ1) is 16.4. The van der Waals surface area contributed by atoms with Crippen molar-refractivity contribution in [3.05, 3.63) is 0 Å². The number of ether oxygens (including phenoxy) is 1. The van der Waals surface area contributed by atoms with E-state index < -0.39 is 0 Å². The van der Waals surface area contributed by atoms with Crippen LogP contribution in [0.4, 0.5) is 0 Å². The average Bonchev–Trinajstić information content (AvgIpc) is 2.38. The Kier molecular flexibility index (Phi) is 6.27. The lowest BCUT2D eigenvalue weighted by Gasteiger charge is -2.34. The van der Waals surface area contributed by atoms with Crippen molar-refractivity contribution in [2.75, 3.05) is 26.7 Å². The predicted molar refractivity (Wildman–Crippen MR) is 78.1 cm³/mol. The van der Waals surface area contributed by atoms with Crippen LogP contribution in [0.25, 0.3) is 0 Å². The highest BCUT2D eigenvalue weighted by atomic mass is 16.5. The molecule has 0 aromatic heterocycles. The molecule has 1 amide bonds. The minimum Gasteiger partial charge on any atom is -0.379 e. The van der Waals surface area contributed by atoms with Crippen molar-refractivity contribution < 1.29 is 9.53 Å². The van der Waals surface area contributed by atoms with Gasteiger partial charge in [-0.05, 0) is 39.7 Å². The van der Waals surface area contributed by atoms with Gasteiger partial charge < -0.3 is 15.0 Å². The highest BCUT2D eigenvalue weighted by Gasteiger charge is 2.24. The highest BCUT2D eigenvalue weighted by Crippen LogP contribution is 2.15. The Labute approximate surface area is 117 Å². The molecule has 112 valence electrons. The minimum absolute atomic E-state index is 0.0543. The maximum atomic E-state index is 11.9. The number of piperidine rings is 1. The molecule has 1 rings (SSSR count). The molecule has 1 N–H and O–H groups in total. The molecule has 4 nitrogen and oxygen atoms in total. The average molecular weight is 270 g/mol. The van der Waals surface area contributed by atoms with Gasteiger partial charge in [-0.15, -0.1) is 0 Å². The van der Waals surface area contributed by atoms with E-state index in [1.165, 1.54) is 0 Å². The largest absolute Gasteiger partial charge is 0.379 e. The minimum atomic E-state index is -0.0543. The van der Waals surface area contributed by atoms with E-state index >= 15 is 0 Å². The zero-order valence-corrected chi connectivity index (χ0v) is 13.2. The number of hydrogen-bond acceptors (Lipinski definition) is 3. The van der Waals surface area contributed by atoms with E-state index in [1.807, 2.05) is 18.7 Å². The Bertz CT molecular complexity index is 282. The fraction of sp³-hybridized carbons (Fsp3) is 0.933. The fourth-order valence-electron chi connectivity index (χ4n) is 2.35. The first-order chi connectivity index (χ1) is 8.85. The molecule has 0 atom stereocenters. The maximum Gasteiger partial charge on any atom is 0.225 e. The molecule has 0 aromatic rings. The van der Waals surface area contributed by atoms with Gasteiger partial charge in [0.15, 0.2) is 0 Å². The molecule has 1 fully saturated rings. The van der Waals surface area contributed by atoms with Crippen molar-refractivity contribution in [1.29, 1.82) is 0 Å². The Hall–Kier alpha value is -0.610. The summed E-state index contributed by atoms with van der Waals surface area (Å²) in [6, 6.07) is 0.545. The molecule has 0 spiro atoms. The van der Waals surface area contributed by atoms with Crippen molar-refractivity contribution >= 4 is 5.91 Å². The van der Waals surface area contributed by atoms with Crippen molar-refractivity contribution in [3.63, 3.8) is 0 Å². The SMILES string of the molecule is COC(C)(C)CCNC1CCN(C(=O)C(C)C)CC1. The van der Waals surface area contributed by atoms with Crippen LogP contribution in [-0.4, -0.2) is 49.2 Å². The molecule has 0 unspecified atom stereocenters. The van der Waals surface area contributed by atoms with E-state index in [0.717, 1.165) is 38.9 Å². The number of amides is 1. The Morgan fingerprint density at radius 1 is 1.37 bits per heavy atom. The second kappa shape index (κ2) is 7.25. The summed E-state index contributed by atoms with van der Waals surface area (Å²) in [5.74, 6) is 0.408. The number of nitrogens with zero attached hydrogens (tertiary/aromatic N) is 1. The smallest absolute Gasteiger partial charge is 0.225 e. The maximum absolute atomic E-state index is 11.9. The molecule has 19 heavy (non-hydrogen) atoms. The van der Waals surface area contributed by atoms with Gasteiger partial charge in [0, 0.05) is 32.2 Å². The molecule has 0 aromatic carbocycles. The molecule has 1 saturated heterocycles. The van der Waals surface area contributed by atoms with Crippen LogP contribution in [0, 0.1) is 5.92 Å². The van der Waals surface area contributed by atoms with Gasteiger partial charge in [-0.2, -0.15) is 0 Å². The summed E-state index contributed by atoms with van der Waals surface area (Å²) >= 11 is 0. The molecule has 0 saturated carbocycles. The van der Waals surface area contributed by atoms with Crippen LogP contribution in [0.1, 0.15) is 47.0 Å². The van der Waals surface area contributed by atoms with Crippen LogP contribution in [-0.2, 0) is 9.53 Å². The Morgan fingerprint density at radius 2 is 1.95 bits per heavy atom. The monoisotopic (exact) mass is 270 g/mol. The third kappa shape index (κ3) is 5.49. The standard InChI is InChI=1S/C15H30N2O2/c1-12(2)14(18)17-10-6-13(7-11-17)16-9-8-15(3,4)19-5/h12-13,16H,6-11H2,1-5H3. The van der Waals surface area contributed by atoms with Crippen LogP contribution in [0.3, 0.4) is 0 Å². The van der Waals surface area contributed by atoms with E-state index in [0.29, 0.717) is 11.9 Å². The van der Waals surface area contributed by atoms with Gasteiger partial charge in [0.2, 0.25) is 5.91 Å². The van der Waals surface area contributed by atoms with Gasteiger partial charge in [0.25, 0.3) is 0 Å². The van der Waals surface area contributed by atoms with Gasteiger partial charge >= 0.3 is 0 Å². The van der Waals surface area contributed by atoms with Gasteiger partial charge in [-0.3, -0.25) is 4.79 Å². The third-order valence-electron chi connectivity index (χ3n) is 4.01. The quantitative estimate of drug-likeness (QED) is 0.803. The summed E-state index contributed by atoms with van der Waals surface area (Å²) in [7, 11) is 1.76. The Balaban J connectivity index is 2.22. The summed E-state index contributed by atoms with van der Waals surface area (Å²) in [6.07, 6.45) is 3.13. The van der Waals surface area contributed by atoms with Crippen molar-refractivity contribution in [1.82, 2.24) is 10.2 Å². The van der Waals surface area contributed by atoms with Gasteiger partial charge in [0.1, 0.15) is 0 Å². The molecular weight excluding hydrogens is 240 g/mol. The zero-order chi connectivity index (χ0) is 14.5. The molecule has 1 aliphatic rings. The number of likely N-dealkylation sites (tertiary alicyclic amines) is 1. The topological polar surface area (TPSA) is 41.6 Å². The van der Waals surface area contributed by atoms with Gasteiger partial charge in [-0.25, -0.2) is 0 Å². The lowest BCUT2D eigenvalue weighted by Crippen LogP contribution is -2.46. The van der Waals surface area contributed by atoms with E-state index in [4.69, 9.17) is 4.74 Å². The number of rotatable bonds is 6. The number of nitrogens with one attached hydrogen (secondary N) is 1. The first-order valence-electron chi connectivity index (χ1n) is 7.43. The van der Waals surface area contributed by atoms with E-state index in [9.17, 15) is 4.79 Å². The van der Waals surface area contributed by atoms with Crippen LogP contribution >= 0.6 is 0 Å². The van der Waals surface area contributed by atoms with Crippen molar-refractivity contribution in [2.24, 2.45) is 5.92 Å². The predicted octanol–water partition coefficient (Wildman–Crippen LogP) is 2.04. The van der Waals surface area contributed by atoms with Gasteiger partial charge in [-0.1, -0.05) is 13.8 Å². The fourth-order valence-corrected chi connectivity index (χ4v) is 2.35. The molecule has 4 heteroatoms. The molecule has 0 bridgehead atoms. The molecule has 1 heterocycles. The third-order valence-corrected chi connectivity index (χ3v) is 4.01. The van der Waals surface area contributed by atoms with Crippen LogP contribution in [0.5, 0.6) is 0 Å². The zero-order valence-electron chi connectivity index (χ0n) is 13.2. The number of methoxy groups -OCH3 is 1. The summed E-state index contributed by atoms with van der Waals surface area (Å²) in [5.41, 5.74) is -0.0543. The highest BCUT2D eigenvalue weighted by molar-refractivity contribution is 5.78. The number of hydrogen-bond donors (Lipinski definition) is 1. The normalized spacial score (nSPS) is 18.1. The lowest BCUT2D eigenvalue weighted by molar-refractivity contribution is -0.135. The van der Waals surface area contributed by atoms with E-state index in [-0.39, 0.29) is 11.5 Å². The molecule has 1 aliphatic heterocycles. The summed E-state index contributed by atoms with van der Waals surface area (Å²) in [6.45, 7) is 10.9. The van der Waals surface area contributed by atoms with E-state index in [1.54, 1.807) is 7.11 Å². The van der Waals surface area contributed by atoms with Crippen LogP contribution in [0.15, 0.2) is 0 Å². The summed E-state index contributed by atoms with van der Waals surface area (Å²) < 4.78 is 5.41. The second-order valence-electron chi connectivity index (χ2n) is 6.42. The van der Waals surface area contributed by atoms with Crippen molar-refractivity contribution in [2.45, 2.75) is 58.6 Å². The Morgan fingerprint density at radius 3 is 2.42 bits per heavy atom. The molecule has 0 radical (unpaired) electrons. The van der Waals surface area contributed by atoms with E-state index in [2.05, 4.69) is 19.2 Å². The second-order valence-corrected chi connectivity index (χ2v) is 6.42. The summed E-state index contributed by atoms with van der Waals surface area (Å²) in [4.78, 5) is 13.9. The van der Waals surface area contributed by atoms with Crippen LogP contribution in [0.2, 0.25) is 0 Å². The van der Waals surface area contributed by atoms with Crippen molar-refractivity contribution in [3.8, 4) is 0 Å². The molecule has 0 aliphatic carbocycles. The lowest BCUT2D eigenvalue weighted by atomic mass is 10.0.